The number of hydrogen-bond donors (Lipinski definition) is 1. The number of nitrogens with one attached hydrogen (secondary N) is 1. The predicted molar refractivity (Wildman–Crippen MR) is 125 cm³/mol. The maximum absolute atomic E-state index is 3.66. The van der Waals surface area contributed by atoms with Gasteiger partial charge in [-0.05, 0) is 38.8 Å². The highest BCUT2D eigenvalue weighted by molar-refractivity contribution is 4.66. The van der Waals surface area contributed by atoms with Gasteiger partial charge in [0.2, 0.25) is 0 Å². The number of nitrogens with zero attached hydrogens (tertiary/aromatic N) is 1. The highest BCUT2D eigenvalue weighted by Gasteiger charge is 2.11. The lowest BCUT2D eigenvalue weighted by atomic mass is 9.94. The van der Waals surface area contributed by atoms with Crippen LogP contribution in [-0.4, -0.2) is 38.1 Å². The van der Waals surface area contributed by atoms with E-state index in [0.717, 1.165) is 12.5 Å². The normalized spacial score (nSPS) is 11.8. The molecule has 0 unspecified atom stereocenters. The van der Waals surface area contributed by atoms with Crippen molar-refractivity contribution < 1.29 is 0 Å². The summed E-state index contributed by atoms with van der Waals surface area (Å²) in [5.74, 6) is 0.919. The molecule has 0 rings (SSSR count). The highest BCUT2D eigenvalue weighted by Crippen LogP contribution is 2.19. The van der Waals surface area contributed by atoms with Crippen LogP contribution in [0.1, 0.15) is 124 Å². The molecule has 0 aromatic heterocycles. The zero-order valence-electron chi connectivity index (χ0n) is 19.7. The summed E-state index contributed by atoms with van der Waals surface area (Å²) in [5, 5.41) is 3.66. The van der Waals surface area contributed by atoms with Crippen molar-refractivity contribution in [2.45, 2.75) is 124 Å². The largest absolute Gasteiger partial charge is 0.315 e. The SMILES string of the molecule is CCCCCCCCNCCN(C)CC(CCCCCC)CCCCCC. The molecule has 0 bridgehead atoms. The molecule has 2 heteroatoms. The van der Waals surface area contributed by atoms with Crippen molar-refractivity contribution in [1.29, 1.82) is 0 Å². The third kappa shape index (κ3) is 20.5. The van der Waals surface area contributed by atoms with E-state index in [2.05, 4.69) is 38.0 Å². The minimum absolute atomic E-state index is 0.919. The van der Waals surface area contributed by atoms with E-state index in [9.17, 15) is 0 Å². The fourth-order valence-electron chi connectivity index (χ4n) is 4.00. The number of likely N-dealkylation sites (N-methyl/N-ethyl adjacent to an activating group) is 1. The standard InChI is InChI=1S/C25H54N2/c1-5-8-11-14-15-18-21-26-22-23-27(4)24-25(19-16-12-9-6-2)20-17-13-10-7-3/h25-26H,5-24H2,1-4H3. The lowest BCUT2D eigenvalue weighted by Crippen LogP contribution is -2.33. The molecule has 1 N–H and O–H groups in total. The lowest BCUT2D eigenvalue weighted by Gasteiger charge is -2.24. The van der Waals surface area contributed by atoms with E-state index in [1.54, 1.807) is 0 Å². The molecule has 2 nitrogen and oxygen atoms in total. The third-order valence-corrected chi connectivity index (χ3v) is 5.88. The van der Waals surface area contributed by atoms with Crippen LogP contribution in [0.4, 0.5) is 0 Å². The molecular formula is C25H54N2. The molecule has 0 heterocycles. The molecule has 0 aromatic rings. The second-order valence-corrected chi connectivity index (χ2v) is 8.84. The first kappa shape index (κ1) is 26.9. The first-order valence-electron chi connectivity index (χ1n) is 12.6. The Hall–Kier alpha value is -0.0800. The topological polar surface area (TPSA) is 15.3 Å². The quantitative estimate of drug-likeness (QED) is 0.196. The van der Waals surface area contributed by atoms with Crippen LogP contribution in [-0.2, 0) is 0 Å². The van der Waals surface area contributed by atoms with E-state index in [1.807, 2.05) is 0 Å². The average molecular weight is 383 g/mol. The summed E-state index contributed by atoms with van der Waals surface area (Å²) in [7, 11) is 2.33. The maximum Gasteiger partial charge on any atom is 0.0104 e. The van der Waals surface area contributed by atoms with Crippen molar-refractivity contribution >= 4 is 0 Å². The summed E-state index contributed by atoms with van der Waals surface area (Å²) in [4.78, 5) is 2.58. The van der Waals surface area contributed by atoms with Crippen LogP contribution in [0, 0.1) is 5.92 Å². The number of hydrogen-bond acceptors (Lipinski definition) is 2. The second kappa shape index (κ2) is 22.2. The molecule has 0 radical (unpaired) electrons. The van der Waals surface area contributed by atoms with Crippen molar-refractivity contribution in [3.63, 3.8) is 0 Å². The first-order valence-corrected chi connectivity index (χ1v) is 12.6. The Morgan fingerprint density at radius 2 is 1.07 bits per heavy atom. The minimum atomic E-state index is 0.919. The summed E-state index contributed by atoms with van der Waals surface area (Å²) >= 11 is 0. The summed E-state index contributed by atoms with van der Waals surface area (Å²) in [6, 6.07) is 0. The number of unbranched alkanes of at least 4 members (excludes halogenated alkanes) is 11. The van der Waals surface area contributed by atoms with Crippen molar-refractivity contribution in [1.82, 2.24) is 10.2 Å². The van der Waals surface area contributed by atoms with Crippen LogP contribution in [0.2, 0.25) is 0 Å². The number of rotatable bonds is 22. The van der Waals surface area contributed by atoms with Gasteiger partial charge in [0, 0.05) is 19.6 Å². The Labute approximate surface area is 173 Å². The Morgan fingerprint density at radius 3 is 1.63 bits per heavy atom. The molecule has 0 saturated carbocycles. The maximum atomic E-state index is 3.66. The van der Waals surface area contributed by atoms with Gasteiger partial charge in [-0.3, -0.25) is 0 Å². The van der Waals surface area contributed by atoms with Gasteiger partial charge in [-0.15, -0.1) is 0 Å². The summed E-state index contributed by atoms with van der Waals surface area (Å²) in [6.45, 7) is 11.8. The van der Waals surface area contributed by atoms with Gasteiger partial charge < -0.3 is 10.2 Å². The minimum Gasteiger partial charge on any atom is -0.315 e. The Balaban J connectivity index is 3.78. The van der Waals surface area contributed by atoms with Gasteiger partial charge in [-0.1, -0.05) is 104 Å². The van der Waals surface area contributed by atoms with E-state index >= 15 is 0 Å². The molecular weight excluding hydrogens is 328 g/mol. The van der Waals surface area contributed by atoms with E-state index < -0.39 is 0 Å². The van der Waals surface area contributed by atoms with Crippen molar-refractivity contribution in [3.05, 3.63) is 0 Å². The van der Waals surface area contributed by atoms with Crippen molar-refractivity contribution in [2.75, 3.05) is 33.2 Å². The van der Waals surface area contributed by atoms with E-state index in [-0.39, 0.29) is 0 Å². The molecule has 0 fully saturated rings. The van der Waals surface area contributed by atoms with Crippen molar-refractivity contribution in [2.24, 2.45) is 5.92 Å². The molecule has 0 aromatic carbocycles. The molecule has 0 aliphatic heterocycles. The third-order valence-electron chi connectivity index (χ3n) is 5.88. The van der Waals surface area contributed by atoms with Crippen LogP contribution >= 0.6 is 0 Å². The monoisotopic (exact) mass is 382 g/mol. The highest BCUT2D eigenvalue weighted by atomic mass is 15.1. The Kier molecular flexibility index (Phi) is 22.1. The molecule has 27 heavy (non-hydrogen) atoms. The van der Waals surface area contributed by atoms with Crippen LogP contribution in [0.25, 0.3) is 0 Å². The fourth-order valence-corrected chi connectivity index (χ4v) is 4.00. The van der Waals surface area contributed by atoms with E-state index in [1.165, 1.54) is 122 Å². The molecule has 0 saturated heterocycles. The predicted octanol–water partition coefficient (Wildman–Crippen LogP) is 7.43. The summed E-state index contributed by atoms with van der Waals surface area (Å²) < 4.78 is 0. The first-order chi connectivity index (χ1) is 13.2. The smallest absolute Gasteiger partial charge is 0.0104 e. The molecule has 0 aliphatic rings. The summed E-state index contributed by atoms with van der Waals surface area (Å²) in [6.07, 6.45) is 22.6. The van der Waals surface area contributed by atoms with E-state index in [4.69, 9.17) is 0 Å². The zero-order valence-corrected chi connectivity index (χ0v) is 19.7. The molecule has 0 aliphatic carbocycles. The fraction of sp³-hybridized carbons (Fsp3) is 1.00. The van der Waals surface area contributed by atoms with Gasteiger partial charge in [-0.2, -0.15) is 0 Å². The van der Waals surface area contributed by atoms with Gasteiger partial charge in [-0.25, -0.2) is 0 Å². The molecule has 164 valence electrons. The summed E-state index contributed by atoms with van der Waals surface area (Å²) in [5.41, 5.74) is 0. The van der Waals surface area contributed by atoms with Crippen LogP contribution in [0.3, 0.4) is 0 Å². The van der Waals surface area contributed by atoms with Crippen molar-refractivity contribution in [3.8, 4) is 0 Å². The molecule has 0 spiro atoms. The van der Waals surface area contributed by atoms with Crippen LogP contribution in [0.5, 0.6) is 0 Å². The molecule has 0 amide bonds. The lowest BCUT2D eigenvalue weighted by molar-refractivity contribution is 0.250. The van der Waals surface area contributed by atoms with Crippen LogP contribution in [0.15, 0.2) is 0 Å². The van der Waals surface area contributed by atoms with E-state index in [0.29, 0.717) is 0 Å². The Bertz CT molecular complexity index is 255. The average Bonchev–Trinajstić information content (AvgIpc) is 2.67. The molecule has 0 atom stereocenters. The van der Waals surface area contributed by atoms with Gasteiger partial charge in [0.1, 0.15) is 0 Å². The van der Waals surface area contributed by atoms with Gasteiger partial charge >= 0.3 is 0 Å². The van der Waals surface area contributed by atoms with Gasteiger partial charge in [0.15, 0.2) is 0 Å². The van der Waals surface area contributed by atoms with Gasteiger partial charge in [0.05, 0.1) is 0 Å². The second-order valence-electron chi connectivity index (χ2n) is 8.84. The van der Waals surface area contributed by atoms with Gasteiger partial charge in [0.25, 0.3) is 0 Å². The zero-order chi connectivity index (χ0) is 20.0. The van der Waals surface area contributed by atoms with Crippen LogP contribution < -0.4 is 5.32 Å². The Morgan fingerprint density at radius 1 is 0.593 bits per heavy atom.